The molecule has 0 saturated heterocycles. The number of nitrogens with zero attached hydrogens (tertiary/aromatic N) is 3. The standard InChI is InChI=1S/C22H24ClN5O3S/c1-14(24-19(29)11-15-7-9-18(31-3)10-8-15)21-26-27-22(28(21)2)32-13-20(30)25-17-6-4-5-16(23)12-17/h4-10,12,14H,11,13H2,1-3H3,(H,24,29)(H,25,30). The second-order valence-corrected chi connectivity index (χ2v) is 8.44. The zero-order chi connectivity index (χ0) is 23.1. The van der Waals surface area contributed by atoms with Gasteiger partial charge in [-0.3, -0.25) is 9.59 Å². The SMILES string of the molecule is COc1ccc(CC(=O)NC(C)c2nnc(SCC(=O)Nc3cccc(Cl)c3)n2C)cc1. The van der Waals surface area contributed by atoms with Crippen LogP contribution in [0.1, 0.15) is 24.4 Å². The normalized spacial score (nSPS) is 11.6. The topological polar surface area (TPSA) is 98.1 Å². The summed E-state index contributed by atoms with van der Waals surface area (Å²) in [6.45, 7) is 1.84. The number of carbonyl (C=O) groups excluding carboxylic acids is 2. The fourth-order valence-electron chi connectivity index (χ4n) is 3.01. The zero-order valence-corrected chi connectivity index (χ0v) is 19.5. The van der Waals surface area contributed by atoms with Gasteiger partial charge in [-0.25, -0.2) is 0 Å². The number of aromatic nitrogens is 3. The van der Waals surface area contributed by atoms with Crippen LogP contribution in [0.15, 0.2) is 53.7 Å². The summed E-state index contributed by atoms with van der Waals surface area (Å²) in [5.74, 6) is 1.21. The number of anilines is 1. The first-order valence-electron chi connectivity index (χ1n) is 9.85. The van der Waals surface area contributed by atoms with E-state index < -0.39 is 0 Å². The van der Waals surface area contributed by atoms with E-state index in [4.69, 9.17) is 16.3 Å². The summed E-state index contributed by atoms with van der Waals surface area (Å²) in [7, 11) is 3.40. The van der Waals surface area contributed by atoms with E-state index in [0.717, 1.165) is 11.3 Å². The molecular weight excluding hydrogens is 450 g/mol. The minimum atomic E-state index is -0.340. The van der Waals surface area contributed by atoms with Crippen molar-refractivity contribution in [1.82, 2.24) is 20.1 Å². The number of methoxy groups -OCH3 is 1. The van der Waals surface area contributed by atoms with Crippen LogP contribution in [0.4, 0.5) is 5.69 Å². The molecule has 0 aliphatic carbocycles. The van der Waals surface area contributed by atoms with Gasteiger partial charge in [0.2, 0.25) is 11.8 Å². The number of ether oxygens (including phenoxy) is 1. The average molecular weight is 474 g/mol. The molecule has 3 rings (SSSR count). The lowest BCUT2D eigenvalue weighted by atomic mass is 10.1. The Morgan fingerprint density at radius 3 is 2.59 bits per heavy atom. The molecule has 168 valence electrons. The molecule has 0 radical (unpaired) electrons. The summed E-state index contributed by atoms with van der Waals surface area (Å²) < 4.78 is 6.90. The van der Waals surface area contributed by atoms with E-state index in [1.54, 1.807) is 43.0 Å². The summed E-state index contributed by atoms with van der Waals surface area (Å²) in [5, 5.41) is 15.2. The number of carbonyl (C=O) groups is 2. The van der Waals surface area contributed by atoms with Gasteiger partial charge in [0.25, 0.3) is 0 Å². The van der Waals surface area contributed by atoms with Crippen molar-refractivity contribution < 1.29 is 14.3 Å². The summed E-state index contributed by atoms with van der Waals surface area (Å²) >= 11 is 7.20. The summed E-state index contributed by atoms with van der Waals surface area (Å²) in [5.41, 5.74) is 1.52. The number of amides is 2. The smallest absolute Gasteiger partial charge is 0.234 e. The molecule has 2 aromatic carbocycles. The third kappa shape index (κ3) is 6.48. The zero-order valence-electron chi connectivity index (χ0n) is 18.0. The third-order valence-electron chi connectivity index (χ3n) is 4.60. The molecule has 1 aromatic heterocycles. The van der Waals surface area contributed by atoms with Crippen molar-refractivity contribution in [3.05, 3.63) is 64.9 Å². The van der Waals surface area contributed by atoms with Gasteiger partial charge in [-0.1, -0.05) is 41.6 Å². The minimum Gasteiger partial charge on any atom is -0.497 e. The number of halogens is 1. The van der Waals surface area contributed by atoms with E-state index >= 15 is 0 Å². The van der Waals surface area contributed by atoms with Crippen LogP contribution in [0.2, 0.25) is 5.02 Å². The lowest BCUT2D eigenvalue weighted by molar-refractivity contribution is -0.121. The van der Waals surface area contributed by atoms with Gasteiger partial charge in [-0.05, 0) is 42.8 Å². The van der Waals surface area contributed by atoms with E-state index in [9.17, 15) is 9.59 Å². The maximum absolute atomic E-state index is 12.4. The number of benzene rings is 2. The van der Waals surface area contributed by atoms with Crippen molar-refractivity contribution in [3.63, 3.8) is 0 Å². The fraction of sp³-hybridized carbons (Fsp3) is 0.273. The van der Waals surface area contributed by atoms with E-state index in [1.165, 1.54) is 11.8 Å². The first-order chi connectivity index (χ1) is 15.4. The average Bonchev–Trinajstić information content (AvgIpc) is 3.13. The molecule has 10 heteroatoms. The molecule has 0 bridgehead atoms. The second-order valence-electron chi connectivity index (χ2n) is 7.06. The first kappa shape index (κ1) is 23.6. The molecule has 1 atom stereocenters. The summed E-state index contributed by atoms with van der Waals surface area (Å²) in [4.78, 5) is 24.6. The molecule has 0 saturated carbocycles. The van der Waals surface area contributed by atoms with Gasteiger partial charge < -0.3 is 19.9 Å². The van der Waals surface area contributed by atoms with Crippen molar-refractivity contribution in [2.24, 2.45) is 7.05 Å². The van der Waals surface area contributed by atoms with Gasteiger partial charge in [0.1, 0.15) is 5.75 Å². The van der Waals surface area contributed by atoms with Crippen LogP contribution in [0.3, 0.4) is 0 Å². The van der Waals surface area contributed by atoms with Crippen molar-refractivity contribution >= 4 is 40.9 Å². The fourth-order valence-corrected chi connectivity index (χ4v) is 3.92. The van der Waals surface area contributed by atoms with Crippen LogP contribution in [0, 0.1) is 0 Å². The predicted molar refractivity (Wildman–Crippen MR) is 125 cm³/mol. The molecule has 0 aliphatic rings. The van der Waals surface area contributed by atoms with Gasteiger partial charge in [0.05, 0.1) is 25.3 Å². The molecule has 3 aromatic rings. The van der Waals surface area contributed by atoms with Crippen LogP contribution >= 0.6 is 23.4 Å². The van der Waals surface area contributed by atoms with Crippen LogP contribution in [-0.2, 0) is 23.1 Å². The highest BCUT2D eigenvalue weighted by Crippen LogP contribution is 2.20. The summed E-state index contributed by atoms with van der Waals surface area (Å²) in [6, 6.07) is 14.0. The molecule has 1 unspecified atom stereocenters. The highest BCUT2D eigenvalue weighted by Gasteiger charge is 2.18. The van der Waals surface area contributed by atoms with E-state index in [2.05, 4.69) is 20.8 Å². The second kappa shape index (κ2) is 11.0. The molecule has 32 heavy (non-hydrogen) atoms. The van der Waals surface area contributed by atoms with Gasteiger partial charge >= 0.3 is 0 Å². The van der Waals surface area contributed by atoms with E-state index in [1.807, 2.05) is 31.2 Å². The number of hydrogen-bond acceptors (Lipinski definition) is 6. The summed E-state index contributed by atoms with van der Waals surface area (Å²) in [6.07, 6.45) is 0.247. The Labute approximate surface area is 195 Å². The van der Waals surface area contributed by atoms with Gasteiger partial charge in [0, 0.05) is 17.8 Å². The molecule has 0 fully saturated rings. The highest BCUT2D eigenvalue weighted by atomic mass is 35.5. The Morgan fingerprint density at radius 1 is 1.16 bits per heavy atom. The largest absolute Gasteiger partial charge is 0.497 e. The monoisotopic (exact) mass is 473 g/mol. The van der Waals surface area contributed by atoms with Gasteiger partial charge in [-0.15, -0.1) is 10.2 Å². The molecule has 1 heterocycles. The number of nitrogens with one attached hydrogen (secondary N) is 2. The first-order valence-corrected chi connectivity index (χ1v) is 11.2. The van der Waals surface area contributed by atoms with Crippen LogP contribution < -0.4 is 15.4 Å². The van der Waals surface area contributed by atoms with Crippen molar-refractivity contribution in [3.8, 4) is 5.75 Å². The van der Waals surface area contributed by atoms with Gasteiger partial charge in [0.15, 0.2) is 11.0 Å². The minimum absolute atomic E-state index is 0.124. The molecular formula is C22H24ClN5O3S. The maximum atomic E-state index is 12.4. The molecule has 2 N–H and O–H groups in total. The van der Waals surface area contributed by atoms with E-state index in [0.29, 0.717) is 21.7 Å². The Balaban J connectivity index is 1.52. The molecule has 2 amide bonds. The van der Waals surface area contributed by atoms with E-state index in [-0.39, 0.29) is 30.0 Å². The van der Waals surface area contributed by atoms with Crippen molar-refractivity contribution in [2.45, 2.75) is 24.5 Å². The Morgan fingerprint density at radius 2 is 1.91 bits per heavy atom. The molecule has 8 nitrogen and oxygen atoms in total. The Kier molecular flexibility index (Phi) is 8.13. The van der Waals surface area contributed by atoms with Crippen LogP contribution in [0.5, 0.6) is 5.75 Å². The predicted octanol–water partition coefficient (Wildman–Crippen LogP) is 3.63. The number of hydrogen-bond donors (Lipinski definition) is 2. The Bertz CT molecular complexity index is 1090. The highest BCUT2D eigenvalue weighted by molar-refractivity contribution is 7.99. The lowest BCUT2D eigenvalue weighted by Crippen LogP contribution is -2.29. The van der Waals surface area contributed by atoms with Crippen molar-refractivity contribution in [1.29, 1.82) is 0 Å². The Hall–Kier alpha value is -3.04. The van der Waals surface area contributed by atoms with Crippen molar-refractivity contribution in [2.75, 3.05) is 18.2 Å². The quantitative estimate of drug-likeness (QED) is 0.460. The number of thioether (sulfide) groups is 1. The maximum Gasteiger partial charge on any atom is 0.234 e. The third-order valence-corrected chi connectivity index (χ3v) is 5.85. The van der Waals surface area contributed by atoms with Crippen LogP contribution in [-0.4, -0.2) is 39.4 Å². The van der Waals surface area contributed by atoms with Crippen LogP contribution in [0.25, 0.3) is 0 Å². The lowest BCUT2D eigenvalue weighted by Gasteiger charge is -2.14. The molecule has 0 spiro atoms. The molecule has 0 aliphatic heterocycles. The number of rotatable bonds is 9. The van der Waals surface area contributed by atoms with Gasteiger partial charge in [-0.2, -0.15) is 0 Å².